The molecule has 0 saturated carbocycles. The molecule has 1 fully saturated rings. The number of halogens is 1. The lowest BCUT2D eigenvalue weighted by Crippen LogP contribution is -2.16. The number of aromatic nitrogens is 1. The Labute approximate surface area is 158 Å². The summed E-state index contributed by atoms with van der Waals surface area (Å²) < 4.78 is 29.4. The first-order valence-electron chi connectivity index (χ1n) is 7.96. The minimum atomic E-state index is -3.64. The molecule has 1 aromatic heterocycles. The van der Waals surface area contributed by atoms with Crippen LogP contribution in [-0.4, -0.2) is 26.5 Å². The number of hydrogen-bond acceptors (Lipinski definition) is 5. The van der Waals surface area contributed by atoms with Crippen LogP contribution in [0, 0.1) is 0 Å². The van der Waals surface area contributed by atoms with Gasteiger partial charge in [0.25, 0.3) is 10.0 Å². The summed E-state index contributed by atoms with van der Waals surface area (Å²) in [5.74, 6) is 0. The summed E-state index contributed by atoms with van der Waals surface area (Å²) in [5.41, 5.74) is 1.44. The van der Waals surface area contributed by atoms with E-state index >= 15 is 0 Å². The van der Waals surface area contributed by atoms with Gasteiger partial charge < -0.3 is 4.90 Å². The Morgan fingerprint density at radius 1 is 1.12 bits per heavy atom. The Kier molecular flexibility index (Phi) is 4.43. The number of rotatable bonds is 4. The molecule has 2 aromatic carbocycles. The molecular formula is C17H16BrN3O2S2. The molecule has 0 radical (unpaired) electrons. The zero-order chi connectivity index (χ0) is 17.4. The zero-order valence-electron chi connectivity index (χ0n) is 13.3. The number of hydrogen-bond donors (Lipinski definition) is 1. The predicted molar refractivity (Wildman–Crippen MR) is 106 cm³/mol. The average molecular weight is 438 g/mol. The van der Waals surface area contributed by atoms with Crippen molar-refractivity contribution in [2.24, 2.45) is 0 Å². The van der Waals surface area contributed by atoms with E-state index in [2.05, 4.69) is 30.5 Å². The van der Waals surface area contributed by atoms with Crippen LogP contribution in [0.15, 0.2) is 51.8 Å². The molecule has 0 atom stereocenters. The molecule has 0 aliphatic carbocycles. The molecule has 0 bridgehead atoms. The molecule has 5 nitrogen and oxygen atoms in total. The number of nitrogens with zero attached hydrogens (tertiary/aromatic N) is 2. The van der Waals surface area contributed by atoms with Gasteiger partial charge in [0.15, 0.2) is 5.13 Å². The third-order valence-corrected chi connectivity index (χ3v) is 7.60. The molecule has 0 unspecified atom stereocenters. The van der Waals surface area contributed by atoms with Crippen LogP contribution in [0.5, 0.6) is 0 Å². The van der Waals surface area contributed by atoms with Crippen LogP contribution >= 0.6 is 27.3 Å². The highest BCUT2D eigenvalue weighted by molar-refractivity contribution is 9.10. The fourth-order valence-electron chi connectivity index (χ4n) is 2.89. The second-order valence-corrected chi connectivity index (χ2v) is 9.42. The van der Waals surface area contributed by atoms with Crippen LogP contribution in [0.4, 0.5) is 10.8 Å². The van der Waals surface area contributed by atoms with Crippen molar-refractivity contribution in [1.29, 1.82) is 0 Å². The maximum absolute atomic E-state index is 12.6. The van der Waals surface area contributed by atoms with E-state index in [1.54, 1.807) is 41.7 Å². The summed E-state index contributed by atoms with van der Waals surface area (Å²) in [4.78, 5) is 7.17. The van der Waals surface area contributed by atoms with E-state index in [-0.39, 0.29) is 4.90 Å². The third-order valence-electron chi connectivity index (χ3n) is 4.13. The lowest BCUT2D eigenvalue weighted by molar-refractivity contribution is 0.601. The van der Waals surface area contributed by atoms with E-state index in [9.17, 15) is 8.42 Å². The zero-order valence-corrected chi connectivity index (χ0v) is 16.5. The minimum Gasteiger partial charge on any atom is -0.348 e. The van der Waals surface area contributed by atoms with Gasteiger partial charge in [-0.05, 0) is 59.1 Å². The Morgan fingerprint density at radius 2 is 1.88 bits per heavy atom. The van der Waals surface area contributed by atoms with Gasteiger partial charge in [-0.2, -0.15) is 0 Å². The Bertz CT molecular complexity index is 1030. The van der Waals surface area contributed by atoms with E-state index in [1.807, 2.05) is 12.1 Å². The smallest absolute Gasteiger partial charge is 0.263 e. The normalized spacial score (nSPS) is 15.0. The topological polar surface area (TPSA) is 62.3 Å². The van der Waals surface area contributed by atoms with Gasteiger partial charge in [0.1, 0.15) is 4.90 Å². The summed E-state index contributed by atoms with van der Waals surface area (Å²) in [6, 6.07) is 12.2. The first-order valence-corrected chi connectivity index (χ1v) is 11.1. The van der Waals surface area contributed by atoms with Gasteiger partial charge in [0.05, 0.1) is 15.9 Å². The highest BCUT2D eigenvalue weighted by atomic mass is 79.9. The molecule has 1 saturated heterocycles. The summed E-state index contributed by atoms with van der Waals surface area (Å²) in [7, 11) is -3.64. The van der Waals surface area contributed by atoms with Gasteiger partial charge in [0.2, 0.25) is 0 Å². The van der Waals surface area contributed by atoms with E-state index in [0.29, 0.717) is 10.2 Å². The Hall–Kier alpha value is -1.64. The van der Waals surface area contributed by atoms with Crippen molar-refractivity contribution >= 4 is 58.3 Å². The SMILES string of the molecule is O=S(=O)(Nc1ccc2nc(N3CCCC3)sc2c1)c1ccccc1Br. The number of nitrogens with one attached hydrogen (secondary N) is 1. The number of benzene rings is 2. The Morgan fingerprint density at radius 3 is 2.64 bits per heavy atom. The fraction of sp³-hybridized carbons (Fsp3) is 0.235. The molecule has 8 heteroatoms. The van der Waals surface area contributed by atoms with Crippen LogP contribution in [0.25, 0.3) is 10.2 Å². The summed E-state index contributed by atoms with van der Waals surface area (Å²) in [6.45, 7) is 2.09. The molecule has 130 valence electrons. The third kappa shape index (κ3) is 3.38. The van der Waals surface area contributed by atoms with Crippen molar-refractivity contribution in [3.8, 4) is 0 Å². The van der Waals surface area contributed by atoms with Crippen LogP contribution in [0.2, 0.25) is 0 Å². The summed E-state index contributed by atoms with van der Waals surface area (Å²) >= 11 is 4.90. The van der Waals surface area contributed by atoms with Gasteiger partial charge in [-0.1, -0.05) is 23.5 Å². The molecule has 0 spiro atoms. The average Bonchev–Trinajstić information content (AvgIpc) is 3.23. The largest absolute Gasteiger partial charge is 0.348 e. The van der Waals surface area contributed by atoms with Gasteiger partial charge in [-0.25, -0.2) is 13.4 Å². The van der Waals surface area contributed by atoms with Crippen molar-refractivity contribution in [1.82, 2.24) is 4.98 Å². The van der Waals surface area contributed by atoms with E-state index < -0.39 is 10.0 Å². The maximum Gasteiger partial charge on any atom is 0.263 e. The molecular weight excluding hydrogens is 422 g/mol. The second kappa shape index (κ2) is 6.59. The van der Waals surface area contributed by atoms with Crippen molar-refractivity contribution < 1.29 is 8.42 Å². The monoisotopic (exact) mass is 437 g/mol. The van der Waals surface area contributed by atoms with Crippen molar-refractivity contribution in [2.75, 3.05) is 22.7 Å². The van der Waals surface area contributed by atoms with Gasteiger partial charge >= 0.3 is 0 Å². The predicted octanol–water partition coefficient (Wildman–Crippen LogP) is 4.46. The van der Waals surface area contributed by atoms with Crippen LogP contribution in [-0.2, 0) is 10.0 Å². The van der Waals surface area contributed by atoms with E-state index in [1.165, 1.54) is 12.8 Å². The summed E-state index contributed by atoms with van der Waals surface area (Å²) in [5, 5.41) is 1.01. The van der Waals surface area contributed by atoms with Crippen LogP contribution in [0.3, 0.4) is 0 Å². The number of thiazole rings is 1. The highest BCUT2D eigenvalue weighted by Gasteiger charge is 2.19. The Balaban J connectivity index is 1.64. The van der Waals surface area contributed by atoms with Crippen LogP contribution < -0.4 is 9.62 Å². The van der Waals surface area contributed by atoms with E-state index in [4.69, 9.17) is 0 Å². The lowest BCUT2D eigenvalue weighted by Gasteiger charge is -2.11. The molecule has 1 aliphatic heterocycles. The van der Waals surface area contributed by atoms with Gasteiger partial charge in [-0.15, -0.1) is 0 Å². The minimum absolute atomic E-state index is 0.220. The number of anilines is 2. The molecule has 3 aromatic rings. The van der Waals surface area contributed by atoms with Gasteiger partial charge in [0, 0.05) is 17.6 Å². The van der Waals surface area contributed by atoms with Crippen molar-refractivity contribution in [2.45, 2.75) is 17.7 Å². The number of fused-ring (bicyclic) bond motifs is 1. The van der Waals surface area contributed by atoms with Crippen molar-refractivity contribution in [3.63, 3.8) is 0 Å². The van der Waals surface area contributed by atoms with Crippen LogP contribution in [0.1, 0.15) is 12.8 Å². The molecule has 1 aliphatic rings. The first kappa shape index (κ1) is 16.8. The lowest BCUT2D eigenvalue weighted by atomic mass is 10.3. The molecule has 1 N–H and O–H groups in total. The molecule has 2 heterocycles. The van der Waals surface area contributed by atoms with Crippen molar-refractivity contribution in [3.05, 3.63) is 46.9 Å². The van der Waals surface area contributed by atoms with E-state index in [0.717, 1.165) is 28.4 Å². The summed E-state index contributed by atoms with van der Waals surface area (Å²) in [6.07, 6.45) is 2.40. The van der Waals surface area contributed by atoms with Gasteiger partial charge in [-0.3, -0.25) is 4.72 Å². The molecule has 0 amide bonds. The molecule has 25 heavy (non-hydrogen) atoms. The number of sulfonamides is 1. The first-order chi connectivity index (χ1) is 12.0. The standard InChI is InChI=1S/C17H16BrN3O2S2/c18-13-5-1-2-6-16(13)25(22,23)20-12-7-8-14-15(11-12)24-17(19-14)21-9-3-4-10-21/h1-2,5-8,11,20H,3-4,9-10H2. The highest BCUT2D eigenvalue weighted by Crippen LogP contribution is 2.33. The molecule has 4 rings (SSSR count). The maximum atomic E-state index is 12.6. The second-order valence-electron chi connectivity index (χ2n) is 5.91. The fourth-order valence-corrected chi connectivity index (χ4v) is 6.00. The quantitative estimate of drug-likeness (QED) is 0.654.